The van der Waals surface area contributed by atoms with E-state index in [9.17, 15) is 4.91 Å². The number of hydrogen-bond donors (Lipinski definition) is 0. The van der Waals surface area contributed by atoms with E-state index < -0.39 is 0 Å². The van der Waals surface area contributed by atoms with Crippen LogP contribution in [0.25, 0.3) is 5.57 Å². The lowest BCUT2D eigenvalue weighted by Gasteiger charge is -2.22. The van der Waals surface area contributed by atoms with Crippen molar-refractivity contribution in [2.24, 2.45) is 5.18 Å². The molecule has 0 atom stereocenters. The van der Waals surface area contributed by atoms with Crippen LogP contribution in [0.15, 0.2) is 47.9 Å². The quantitative estimate of drug-likeness (QED) is 0.632. The SMILES string of the molecule is CN1C=CC(=CN=O)c2ccccc21. The van der Waals surface area contributed by atoms with Gasteiger partial charge in [0.1, 0.15) is 0 Å². The van der Waals surface area contributed by atoms with Crippen molar-refractivity contribution in [3.05, 3.63) is 53.2 Å². The second kappa shape index (κ2) is 3.46. The Morgan fingerprint density at radius 1 is 1.36 bits per heavy atom. The summed E-state index contributed by atoms with van der Waals surface area (Å²) in [4.78, 5) is 12.2. The van der Waals surface area contributed by atoms with Crippen LogP contribution in [0.5, 0.6) is 0 Å². The highest BCUT2D eigenvalue weighted by Gasteiger charge is 2.11. The Morgan fingerprint density at radius 3 is 2.93 bits per heavy atom. The van der Waals surface area contributed by atoms with Crippen molar-refractivity contribution in [2.45, 2.75) is 0 Å². The molecule has 1 aliphatic heterocycles. The van der Waals surface area contributed by atoms with Gasteiger partial charge < -0.3 is 4.90 Å². The van der Waals surface area contributed by atoms with E-state index in [1.54, 1.807) is 0 Å². The van der Waals surface area contributed by atoms with Gasteiger partial charge in [-0.05, 0) is 17.3 Å². The molecule has 0 aromatic heterocycles. The molecule has 3 heteroatoms. The molecule has 1 aromatic carbocycles. The molecule has 14 heavy (non-hydrogen) atoms. The molecule has 0 fully saturated rings. The first-order valence-electron chi connectivity index (χ1n) is 4.36. The maximum atomic E-state index is 10.2. The fraction of sp³-hybridized carbons (Fsp3) is 0.0909. The van der Waals surface area contributed by atoms with E-state index in [-0.39, 0.29) is 0 Å². The van der Waals surface area contributed by atoms with E-state index in [2.05, 4.69) is 5.18 Å². The average Bonchev–Trinajstić information content (AvgIpc) is 2.23. The number of anilines is 1. The van der Waals surface area contributed by atoms with E-state index >= 15 is 0 Å². The summed E-state index contributed by atoms with van der Waals surface area (Å²) in [6.07, 6.45) is 5.13. The second-order valence-corrected chi connectivity index (χ2v) is 3.13. The number of rotatable bonds is 1. The minimum absolute atomic E-state index is 0.855. The lowest BCUT2D eigenvalue weighted by molar-refractivity contribution is 1.18. The maximum absolute atomic E-state index is 10.2. The van der Waals surface area contributed by atoms with Crippen molar-refractivity contribution in [3.8, 4) is 0 Å². The molecule has 1 aromatic rings. The predicted octanol–water partition coefficient (Wildman–Crippen LogP) is 2.76. The van der Waals surface area contributed by atoms with Gasteiger partial charge in [-0.2, -0.15) is 0 Å². The average molecular weight is 186 g/mol. The lowest BCUT2D eigenvalue weighted by Crippen LogP contribution is -2.13. The predicted molar refractivity (Wildman–Crippen MR) is 57.8 cm³/mol. The molecule has 0 aliphatic carbocycles. The van der Waals surface area contributed by atoms with Crippen molar-refractivity contribution < 1.29 is 0 Å². The Balaban J connectivity index is 2.58. The zero-order valence-corrected chi connectivity index (χ0v) is 7.84. The minimum atomic E-state index is 0.855. The van der Waals surface area contributed by atoms with Gasteiger partial charge in [-0.3, -0.25) is 0 Å². The van der Waals surface area contributed by atoms with Gasteiger partial charge in [-0.15, -0.1) is 4.91 Å². The van der Waals surface area contributed by atoms with Crippen molar-refractivity contribution in [2.75, 3.05) is 11.9 Å². The van der Waals surface area contributed by atoms with Gasteiger partial charge in [-0.1, -0.05) is 18.2 Å². The normalized spacial score (nSPS) is 16.9. The number of allylic oxidation sites excluding steroid dienone is 2. The number of hydrogen-bond acceptors (Lipinski definition) is 3. The summed E-state index contributed by atoms with van der Waals surface area (Å²) in [6.45, 7) is 0. The van der Waals surface area contributed by atoms with Crippen molar-refractivity contribution in [1.29, 1.82) is 0 Å². The fourth-order valence-electron chi connectivity index (χ4n) is 1.56. The van der Waals surface area contributed by atoms with Gasteiger partial charge >= 0.3 is 0 Å². The Bertz CT molecular complexity index is 421. The van der Waals surface area contributed by atoms with Crippen LogP contribution in [0, 0.1) is 4.91 Å². The molecule has 0 saturated heterocycles. The van der Waals surface area contributed by atoms with Gasteiger partial charge in [0.05, 0.1) is 6.20 Å². The molecule has 0 amide bonds. The van der Waals surface area contributed by atoms with Gasteiger partial charge in [0.25, 0.3) is 0 Å². The van der Waals surface area contributed by atoms with Crippen LogP contribution in [-0.4, -0.2) is 7.05 Å². The third-order valence-corrected chi connectivity index (χ3v) is 2.26. The molecule has 0 unspecified atom stereocenters. The Kier molecular flexibility index (Phi) is 2.14. The Labute approximate surface area is 82.3 Å². The summed E-state index contributed by atoms with van der Waals surface area (Å²) < 4.78 is 0. The van der Waals surface area contributed by atoms with Gasteiger partial charge in [-0.25, -0.2) is 0 Å². The molecule has 0 radical (unpaired) electrons. The van der Waals surface area contributed by atoms with E-state index in [0.717, 1.165) is 16.8 Å². The third-order valence-electron chi connectivity index (χ3n) is 2.26. The van der Waals surface area contributed by atoms with Crippen molar-refractivity contribution >= 4 is 11.3 Å². The lowest BCUT2D eigenvalue weighted by atomic mass is 10.0. The van der Waals surface area contributed by atoms with Gasteiger partial charge in [0.15, 0.2) is 0 Å². The van der Waals surface area contributed by atoms with E-state index in [1.165, 1.54) is 6.20 Å². The number of benzene rings is 1. The van der Waals surface area contributed by atoms with Crippen LogP contribution in [0.1, 0.15) is 5.56 Å². The summed E-state index contributed by atoms with van der Waals surface area (Å²) in [5.41, 5.74) is 2.98. The Morgan fingerprint density at radius 2 is 2.14 bits per heavy atom. The van der Waals surface area contributed by atoms with Crippen LogP contribution in [0.4, 0.5) is 5.69 Å². The zero-order valence-electron chi connectivity index (χ0n) is 7.84. The molecule has 0 N–H and O–H groups in total. The highest BCUT2D eigenvalue weighted by Crippen LogP contribution is 2.31. The molecule has 1 aliphatic rings. The third kappa shape index (κ3) is 1.33. The molecular formula is C11H10N2O. The number of para-hydroxylation sites is 1. The van der Waals surface area contributed by atoms with E-state index in [1.807, 2.05) is 48.5 Å². The zero-order chi connectivity index (χ0) is 9.97. The standard InChI is InChI=1S/C11H10N2O/c1-13-7-6-9(8-12-14)10-4-2-3-5-11(10)13/h2-8H,1H3. The highest BCUT2D eigenvalue weighted by molar-refractivity contribution is 5.85. The molecule has 0 saturated carbocycles. The van der Waals surface area contributed by atoms with Crippen LogP contribution < -0.4 is 4.90 Å². The molecule has 0 bridgehead atoms. The highest BCUT2D eigenvalue weighted by atomic mass is 16.2. The smallest absolute Gasteiger partial charge is 0.0794 e. The summed E-state index contributed by atoms with van der Waals surface area (Å²) >= 11 is 0. The molecule has 3 nitrogen and oxygen atoms in total. The number of nitroso groups, excluding NO2 is 1. The fourth-order valence-corrected chi connectivity index (χ4v) is 1.56. The number of nitrogens with zero attached hydrogens (tertiary/aromatic N) is 2. The minimum Gasteiger partial charge on any atom is -0.351 e. The molecular weight excluding hydrogens is 176 g/mol. The first-order valence-corrected chi connectivity index (χ1v) is 4.36. The van der Waals surface area contributed by atoms with Crippen LogP contribution >= 0.6 is 0 Å². The summed E-state index contributed by atoms with van der Waals surface area (Å²) in [6, 6.07) is 7.91. The Hall–Kier alpha value is -1.90. The molecule has 70 valence electrons. The van der Waals surface area contributed by atoms with Crippen LogP contribution in [-0.2, 0) is 0 Å². The van der Waals surface area contributed by atoms with Crippen LogP contribution in [0.3, 0.4) is 0 Å². The topological polar surface area (TPSA) is 32.7 Å². The second-order valence-electron chi connectivity index (χ2n) is 3.13. The summed E-state index contributed by atoms with van der Waals surface area (Å²) in [5.74, 6) is 0. The summed E-state index contributed by atoms with van der Waals surface area (Å²) in [7, 11) is 1.97. The number of fused-ring (bicyclic) bond motifs is 1. The van der Waals surface area contributed by atoms with Crippen molar-refractivity contribution in [3.63, 3.8) is 0 Å². The monoisotopic (exact) mass is 186 g/mol. The van der Waals surface area contributed by atoms with E-state index in [0.29, 0.717) is 0 Å². The molecule has 2 rings (SSSR count). The van der Waals surface area contributed by atoms with Crippen LogP contribution in [0.2, 0.25) is 0 Å². The summed E-state index contributed by atoms with van der Waals surface area (Å²) in [5, 5.41) is 2.80. The van der Waals surface area contributed by atoms with E-state index in [4.69, 9.17) is 0 Å². The van der Waals surface area contributed by atoms with Crippen molar-refractivity contribution in [1.82, 2.24) is 0 Å². The van der Waals surface area contributed by atoms with Gasteiger partial charge in [0.2, 0.25) is 0 Å². The molecule has 1 heterocycles. The van der Waals surface area contributed by atoms with Gasteiger partial charge in [0, 0.05) is 30.1 Å². The molecule has 0 spiro atoms. The first-order chi connectivity index (χ1) is 6.83. The first kappa shape index (κ1) is 8.69. The largest absolute Gasteiger partial charge is 0.351 e. The maximum Gasteiger partial charge on any atom is 0.0794 e.